The summed E-state index contributed by atoms with van der Waals surface area (Å²) < 4.78 is 0. The van der Waals surface area contributed by atoms with E-state index in [1.54, 1.807) is 13.8 Å². The van der Waals surface area contributed by atoms with Crippen LogP contribution in [0.1, 0.15) is 104 Å². The zero-order valence-electron chi connectivity index (χ0n) is 15.0. The number of hydrogen-bond acceptors (Lipinski definition) is 3. The number of hydrogen-bond donors (Lipinski definition) is 3. The van der Waals surface area contributed by atoms with Crippen molar-refractivity contribution in [3.63, 3.8) is 0 Å². The van der Waals surface area contributed by atoms with Crippen molar-refractivity contribution < 1.29 is 15.3 Å². The van der Waals surface area contributed by atoms with E-state index in [-0.39, 0.29) is 6.10 Å². The molecule has 0 bridgehead atoms. The van der Waals surface area contributed by atoms with Gasteiger partial charge in [-0.3, -0.25) is 0 Å². The van der Waals surface area contributed by atoms with E-state index in [0.717, 1.165) is 19.3 Å². The minimum Gasteiger partial charge on any atom is -0.396 e. The van der Waals surface area contributed by atoms with Crippen molar-refractivity contribution in [3.05, 3.63) is 0 Å². The molecular formula is C19H40O3. The van der Waals surface area contributed by atoms with E-state index in [9.17, 15) is 10.2 Å². The maximum atomic E-state index is 9.85. The van der Waals surface area contributed by atoms with Gasteiger partial charge in [-0.1, -0.05) is 64.2 Å². The number of unbranched alkanes of at least 4 members (excludes halogenated alkanes) is 10. The summed E-state index contributed by atoms with van der Waals surface area (Å²) in [4.78, 5) is 0. The lowest BCUT2D eigenvalue weighted by molar-refractivity contribution is 0.0465. The van der Waals surface area contributed by atoms with E-state index >= 15 is 0 Å². The van der Waals surface area contributed by atoms with E-state index < -0.39 is 5.60 Å². The van der Waals surface area contributed by atoms with E-state index in [0.29, 0.717) is 19.4 Å². The average Bonchev–Trinajstić information content (AvgIpc) is 2.45. The molecule has 0 rings (SSSR count). The Hall–Kier alpha value is -0.120. The zero-order valence-corrected chi connectivity index (χ0v) is 15.0. The van der Waals surface area contributed by atoms with E-state index in [2.05, 4.69) is 0 Å². The van der Waals surface area contributed by atoms with Gasteiger partial charge in [0.15, 0.2) is 0 Å². The first-order valence-electron chi connectivity index (χ1n) is 9.47. The molecule has 1 atom stereocenters. The van der Waals surface area contributed by atoms with Gasteiger partial charge in [-0.15, -0.1) is 0 Å². The molecule has 134 valence electrons. The first kappa shape index (κ1) is 21.9. The molecule has 22 heavy (non-hydrogen) atoms. The zero-order chi connectivity index (χ0) is 16.7. The molecule has 3 nitrogen and oxygen atoms in total. The van der Waals surface area contributed by atoms with Gasteiger partial charge in [0.25, 0.3) is 0 Å². The van der Waals surface area contributed by atoms with Crippen LogP contribution in [0, 0.1) is 0 Å². The molecule has 0 heterocycles. The third-order valence-corrected chi connectivity index (χ3v) is 4.28. The van der Waals surface area contributed by atoms with Crippen LogP contribution in [0.5, 0.6) is 0 Å². The Kier molecular flexibility index (Phi) is 14.4. The van der Waals surface area contributed by atoms with Crippen LogP contribution in [-0.2, 0) is 0 Å². The summed E-state index contributed by atoms with van der Waals surface area (Å²) in [5, 5.41) is 28.1. The lowest BCUT2D eigenvalue weighted by atomic mass is 9.97. The van der Waals surface area contributed by atoms with Gasteiger partial charge in [-0.05, 0) is 39.5 Å². The highest BCUT2D eigenvalue weighted by atomic mass is 16.3. The molecular weight excluding hydrogens is 276 g/mol. The summed E-state index contributed by atoms with van der Waals surface area (Å²) in [5.41, 5.74) is -0.654. The first-order chi connectivity index (χ1) is 10.5. The first-order valence-corrected chi connectivity index (χ1v) is 9.47. The third kappa shape index (κ3) is 17.9. The van der Waals surface area contributed by atoms with Crippen molar-refractivity contribution in [3.8, 4) is 0 Å². The largest absolute Gasteiger partial charge is 0.396 e. The SMILES string of the molecule is CC(C)(O)CCC(O)CCCCCCCCCCCCCO. The highest BCUT2D eigenvalue weighted by Crippen LogP contribution is 2.16. The second-order valence-electron chi connectivity index (χ2n) is 7.41. The summed E-state index contributed by atoms with van der Waals surface area (Å²) in [6.45, 7) is 3.94. The predicted octanol–water partition coefficient (Wildman–Crippen LogP) is 4.57. The maximum absolute atomic E-state index is 9.85. The smallest absolute Gasteiger partial charge is 0.0592 e. The second-order valence-corrected chi connectivity index (χ2v) is 7.41. The van der Waals surface area contributed by atoms with Gasteiger partial charge >= 0.3 is 0 Å². The van der Waals surface area contributed by atoms with E-state index in [1.165, 1.54) is 57.8 Å². The van der Waals surface area contributed by atoms with Gasteiger partial charge in [0.2, 0.25) is 0 Å². The summed E-state index contributed by atoms with van der Waals surface area (Å²) >= 11 is 0. The molecule has 1 unspecified atom stereocenters. The fourth-order valence-corrected chi connectivity index (χ4v) is 2.75. The second kappa shape index (κ2) is 14.5. The predicted molar refractivity (Wildman–Crippen MR) is 94.0 cm³/mol. The minimum absolute atomic E-state index is 0.245. The Labute approximate surface area is 138 Å². The highest BCUT2D eigenvalue weighted by Gasteiger charge is 2.14. The standard InChI is InChI=1S/C19H40O3/c1-19(2,22)16-15-18(21)14-12-10-8-6-4-3-5-7-9-11-13-17-20/h18,20-22H,3-17H2,1-2H3. The molecule has 0 aliphatic heterocycles. The van der Waals surface area contributed by atoms with Crippen molar-refractivity contribution in [1.29, 1.82) is 0 Å². The number of rotatable bonds is 16. The van der Waals surface area contributed by atoms with Crippen LogP contribution in [-0.4, -0.2) is 33.6 Å². The highest BCUT2D eigenvalue weighted by molar-refractivity contribution is 4.68. The van der Waals surface area contributed by atoms with Crippen molar-refractivity contribution in [1.82, 2.24) is 0 Å². The third-order valence-electron chi connectivity index (χ3n) is 4.28. The minimum atomic E-state index is -0.654. The molecule has 0 radical (unpaired) electrons. The lowest BCUT2D eigenvalue weighted by Crippen LogP contribution is -2.21. The molecule has 0 fully saturated rings. The van der Waals surface area contributed by atoms with Crippen LogP contribution >= 0.6 is 0 Å². The van der Waals surface area contributed by atoms with Crippen LogP contribution in [0.15, 0.2) is 0 Å². The summed E-state index contributed by atoms with van der Waals surface area (Å²) in [5.74, 6) is 0. The Morgan fingerprint density at radius 1 is 0.682 bits per heavy atom. The van der Waals surface area contributed by atoms with Crippen molar-refractivity contribution >= 4 is 0 Å². The Balaban J connectivity index is 3.17. The molecule has 0 aromatic carbocycles. The summed E-state index contributed by atoms with van der Waals surface area (Å²) in [7, 11) is 0. The summed E-state index contributed by atoms with van der Waals surface area (Å²) in [6, 6.07) is 0. The van der Waals surface area contributed by atoms with Crippen LogP contribution < -0.4 is 0 Å². The van der Waals surface area contributed by atoms with Crippen LogP contribution in [0.3, 0.4) is 0 Å². The fraction of sp³-hybridized carbons (Fsp3) is 1.00. The molecule has 0 amide bonds. The fourth-order valence-electron chi connectivity index (χ4n) is 2.75. The molecule has 0 aliphatic rings. The topological polar surface area (TPSA) is 60.7 Å². The Morgan fingerprint density at radius 2 is 1.09 bits per heavy atom. The van der Waals surface area contributed by atoms with Gasteiger partial charge in [0.1, 0.15) is 0 Å². The van der Waals surface area contributed by atoms with E-state index in [4.69, 9.17) is 5.11 Å². The monoisotopic (exact) mass is 316 g/mol. The molecule has 3 N–H and O–H groups in total. The van der Waals surface area contributed by atoms with Crippen molar-refractivity contribution in [2.24, 2.45) is 0 Å². The average molecular weight is 317 g/mol. The van der Waals surface area contributed by atoms with E-state index in [1.807, 2.05) is 0 Å². The Bertz CT molecular complexity index is 223. The molecule has 0 spiro atoms. The molecule has 0 aromatic rings. The summed E-state index contributed by atoms with van der Waals surface area (Å²) in [6.07, 6.45) is 15.7. The molecule has 0 saturated carbocycles. The molecule has 3 heteroatoms. The quantitative estimate of drug-likeness (QED) is 0.365. The van der Waals surface area contributed by atoms with Crippen LogP contribution in [0.25, 0.3) is 0 Å². The van der Waals surface area contributed by atoms with Gasteiger partial charge in [0.05, 0.1) is 11.7 Å². The number of aliphatic hydroxyl groups is 3. The molecule has 0 aliphatic carbocycles. The normalized spacial score (nSPS) is 13.5. The molecule has 0 aromatic heterocycles. The van der Waals surface area contributed by atoms with Gasteiger partial charge in [0, 0.05) is 6.61 Å². The van der Waals surface area contributed by atoms with Crippen LogP contribution in [0.4, 0.5) is 0 Å². The van der Waals surface area contributed by atoms with Crippen molar-refractivity contribution in [2.45, 2.75) is 115 Å². The maximum Gasteiger partial charge on any atom is 0.0592 e. The van der Waals surface area contributed by atoms with Crippen LogP contribution in [0.2, 0.25) is 0 Å². The Morgan fingerprint density at radius 3 is 1.50 bits per heavy atom. The number of aliphatic hydroxyl groups excluding tert-OH is 2. The van der Waals surface area contributed by atoms with Gasteiger partial charge in [-0.2, -0.15) is 0 Å². The lowest BCUT2D eigenvalue weighted by Gasteiger charge is -2.19. The molecule has 0 saturated heterocycles. The van der Waals surface area contributed by atoms with Gasteiger partial charge in [-0.25, -0.2) is 0 Å². The van der Waals surface area contributed by atoms with Gasteiger partial charge < -0.3 is 15.3 Å². The van der Waals surface area contributed by atoms with Crippen molar-refractivity contribution in [2.75, 3.05) is 6.61 Å².